The minimum Gasteiger partial charge on any atom is -0.444 e. The van der Waals surface area contributed by atoms with Gasteiger partial charge in [-0.1, -0.05) is 0 Å². The van der Waals surface area contributed by atoms with E-state index in [1.807, 2.05) is 46.4 Å². The first kappa shape index (κ1) is 28.9. The Balaban J connectivity index is 1.52. The number of halogens is 1. The number of thiophene rings is 1. The number of carbonyl (C=O) groups is 2. The summed E-state index contributed by atoms with van der Waals surface area (Å²) < 4.78 is 5.59. The third-order valence-corrected chi connectivity index (χ3v) is 8.47. The van der Waals surface area contributed by atoms with Crippen molar-refractivity contribution in [1.82, 2.24) is 20.2 Å². The van der Waals surface area contributed by atoms with Gasteiger partial charge >= 0.3 is 6.09 Å². The minimum absolute atomic E-state index is 0.0441. The van der Waals surface area contributed by atoms with Crippen molar-refractivity contribution in [2.24, 2.45) is 0 Å². The van der Waals surface area contributed by atoms with Gasteiger partial charge in [0.1, 0.15) is 22.1 Å². The van der Waals surface area contributed by atoms with Gasteiger partial charge in [0.15, 0.2) is 5.84 Å². The molecule has 1 fully saturated rings. The van der Waals surface area contributed by atoms with Crippen LogP contribution in [0.25, 0.3) is 0 Å². The molecule has 0 spiro atoms. The highest BCUT2D eigenvalue weighted by atomic mass is 35.5. The SMILES string of the molecule is C[C@@H]1CN(c2cc(C(=N)NC(=O)[C@@]3(C)CCCc4sc(N)c(N)c43)nc(Cl)n2)C[C@H](C)N1C(=O)OC(C)(C)C. The van der Waals surface area contributed by atoms with Crippen molar-refractivity contribution in [2.75, 3.05) is 29.5 Å². The zero-order valence-electron chi connectivity index (χ0n) is 23.2. The number of amidine groups is 1. The van der Waals surface area contributed by atoms with Crippen LogP contribution in [0.5, 0.6) is 0 Å². The first-order valence-electron chi connectivity index (χ1n) is 13.0. The van der Waals surface area contributed by atoms with Crippen molar-refractivity contribution in [1.29, 1.82) is 5.41 Å². The highest BCUT2D eigenvalue weighted by molar-refractivity contribution is 7.16. The largest absolute Gasteiger partial charge is 0.444 e. The van der Waals surface area contributed by atoms with Gasteiger partial charge in [-0.25, -0.2) is 14.8 Å². The monoisotopic (exact) mass is 576 g/mol. The zero-order chi connectivity index (χ0) is 28.9. The van der Waals surface area contributed by atoms with Gasteiger partial charge in [-0.15, -0.1) is 11.3 Å². The van der Waals surface area contributed by atoms with Gasteiger partial charge in [0.2, 0.25) is 11.2 Å². The maximum atomic E-state index is 13.5. The summed E-state index contributed by atoms with van der Waals surface area (Å²) in [7, 11) is 0. The molecule has 13 heteroatoms. The standard InChI is InChI=1S/C26H37ClN8O3S/c1-13-11-34(12-14(2)35(13)24(37)38-25(3,4)5)17-10-15(31-23(27)32-17)20(29)33-22(36)26(6)9-7-8-16-18(26)19(28)21(30)39-16/h10,13-14H,7-9,11-12,28,30H2,1-6H3,(H2,29,33,36)/t13-,14+,26-/m0/s1. The Kier molecular flexibility index (Phi) is 7.74. The Bertz CT molecular complexity index is 1300. The highest BCUT2D eigenvalue weighted by Gasteiger charge is 2.43. The van der Waals surface area contributed by atoms with Gasteiger partial charge in [-0.05, 0) is 72.4 Å². The number of aromatic nitrogens is 2. The number of piperazine rings is 1. The molecule has 11 nitrogen and oxygen atoms in total. The maximum absolute atomic E-state index is 13.5. The van der Waals surface area contributed by atoms with Gasteiger partial charge in [-0.2, -0.15) is 0 Å². The number of nitrogens with two attached hydrogens (primary N) is 2. The maximum Gasteiger partial charge on any atom is 0.410 e. The molecule has 3 atom stereocenters. The Hall–Kier alpha value is -3.12. The van der Waals surface area contributed by atoms with E-state index in [-0.39, 0.29) is 40.9 Å². The van der Waals surface area contributed by atoms with Crippen molar-refractivity contribution >= 4 is 57.3 Å². The van der Waals surface area contributed by atoms with E-state index in [1.165, 1.54) is 11.3 Å². The third kappa shape index (κ3) is 5.76. The number of carbonyl (C=O) groups excluding carboxylic acids is 2. The predicted octanol–water partition coefficient (Wildman–Crippen LogP) is 3.93. The topological polar surface area (TPSA) is 164 Å². The summed E-state index contributed by atoms with van der Waals surface area (Å²) in [6.45, 7) is 12.2. The number of ether oxygens (including phenoxy) is 1. The van der Waals surface area contributed by atoms with E-state index in [2.05, 4.69) is 15.3 Å². The molecule has 0 saturated carbocycles. The summed E-state index contributed by atoms with van der Waals surface area (Å²) in [5, 5.41) is 11.8. The second-order valence-corrected chi connectivity index (χ2v) is 13.0. The first-order chi connectivity index (χ1) is 18.1. The molecule has 2 amide bonds. The molecule has 0 radical (unpaired) electrons. The molecule has 0 aromatic carbocycles. The molecule has 2 aromatic heterocycles. The van der Waals surface area contributed by atoms with Gasteiger partial charge in [0.25, 0.3) is 0 Å². The molecular formula is C26H37ClN8O3S. The van der Waals surface area contributed by atoms with Gasteiger partial charge in [-0.3, -0.25) is 15.1 Å². The van der Waals surface area contributed by atoms with Crippen molar-refractivity contribution in [2.45, 2.75) is 83.9 Å². The van der Waals surface area contributed by atoms with Crippen molar-refractivity contribution < 1.29 is 14.3 Å². The van der Waals surface area contributed by atoms with Crippen LogP contribution >= 0.6 is 22.9 Å². The summed E-state index contributed by atoms with van der Waals surface area (Å²) in [6.07, 6.45) is 1.87. The average molecular weight is 577 g/mol. The van der Waals surface area contributed by atoms with Crippen molar-refractivity contribution in [3.8, 4) is 0 Å². The molecule has 4 rings (SSSR count). The van der Waals surface area contributed by atoms with Crippen LogP contribution in [0.1, 0.15) is 70.5 Å². The van der Waals surface area contributed by atoms with Gasteiger partial charge in [0, 0.05) is 29.6 Å². The van der Waals surface area contributed by atoms with E-state index >= 15 is 0 Å². The summed E-state index contributed by atoms with van der Waals surface area (Å²) in [5.74, 6) is -0.0239. The Morgan fingerprint density at radius 1 is 1.23 bits per heavy atom. The number of amides is 2. The van der Waals surface area contributed by atoms with Crippen LogP contribution in [0.2, 0.25) is 5.28 Å². The molecule has 6 N–H and O–H groups in total. The van der Waals surface area contributed by atoms with Crippen LogP contribution in [-0.4, -0.2) is 63.5 Å². The fourth-order valence-corrected chi connectivity index (χ4v) is 6.78. The van der Waals surface area contributed by atoms with E-state index < -0.39 is 11.0 Å². The lowest BCUT2D eigenvalue weighted by Gasteiger charge is -2.44. The number of nitrogens with one attached hydrogen (secondary N) is 2. The van der Waals surface area contributed by atoms with E-state index in [4.69, 9.17) is 33.2 Å². The van der Waals surface area contributed by atoms with Crippen LogP contribution in [0.4, 0.5) is 21.3 Å². The second-order valence-electron chi connectivity index (χ2n) is 11.6. The number of fused-ring (bicyclic) bond motifs is 1. The van der Waals surface area contributed by atoms with Crippen LogP contribution in [-0.2, 0) is 21.4 Å². The zero-order valence-corrected chi connectivity index (χ0v) is 24.8. The van der Waals surface area contributed by atoms with Crippen LogP contribution in [0.3, 0.4) is 0 Å². The Morgan fingerprint density at radius 3 is 2.49 bits per heavy atom. The van der Waals surface area contributed by atoms with Crippen LogP contribution < -0.4 is 21.7 Å². The third-order valence-electron chi connectivity index (χ3n) is 7.21. The molecule has 39 heavy (non-hydrogen) atoms. The first-order valence-corrected chi connectivity index (χ1v) is 14.2. The quantitative estimate of drug-likeness (QED) is 0.242. The van der Waals surface area contributed by atoms with Gasteiger partial charge < -0.3 is 26.4 Å². The molecule has 1 aliphatic heterocycles. The van der Waals surface area contributed by atoms with E-state index in [0.29, 0.717) is 36.0 Å². The number of nitrogen functional groups attached to an aromatic ring is 2. The second kappa shape index (κ2) is 10.5. The summed E-state index contributed by atoms with van der Waals surface area (Å²) in [5.41, 5.74) is 12.2. The highest BCUT2D eigenvalue weighted by Crippen LogP contribution is 2.47. The molecule has 1 aliphatic carbocycles. The van der Waals surface area contributed by atoms with Crippen LogP contribution in [0, 0.1) is 5.41 Å². The van der Waals surface area contributed by atoms with Gasteiger partial charge in [0.05, 0.1) is 23.2 Å². The summed E-state index contributed by atoms with van der Waals surface area (Å²) in [4.78, 5) is 39.6. The predicted molar refractivity (Wildman–Crippen MR) is 155 cm³/mol. The van der Waals surface area contributed by atoms with Crippen LogP contribution in [0.15, 0.2) is 6.07 Å². The molecular weight excluding hydrogens is 540 g/mol. The van der Waals surface area contributed by atoms with E-state index in [1.54, 1.807) is 11.0 Å². The molecule has 2 aliphatic rings. The number of nitrogens with zero attached hydrogens (tertiary/aromatic N) is 4. The van der Waals surface area contributed by atoms with Crippen molar-refractivity contribution in [3.63, 3.8) is 0 Å². The minimum atomic E-state index is -0.916. The summed E-state index contributed by atoms with van der Waals surface area (Å²) >= 11 is 7.69. The fraction of sp³-hybridized carbons (Fsp3) is 0.577. The molecule has 212 valence electrons. The lowest BCUT2D eigenvalue weighted by atomic mass is 9.72. The molecule has 1 saturated heterocycles. The number of hydrogen-bond acceptors (Lipinski definition) is 10. The number of rotatable bonds is 3. The summed E-state index contributed by atoms with van der Waals surface area (Å²) in [6, 6.07) is 1.30. The molecule has 0 bridgehead atoms. The Labute approximate surface area is 237 Å². The van der Waals surface area contributed by atoms with E-state index in [9.17, 15) is 9.59 Å². The lowest BCUT2D eigenvalue weighted by Crippen LogP contribution is -2.59. The smallest absolute Gasteiger partial charge is 0.410 e. The number of hydrogen-bond donors (Lipinski definition) is 4. The molecule has 2 aromatic rings. The normalized spacial score (nSPS) is 23.3. The fourth-order valence-electron chi connectivity index (χ4n) is 5.44. The van der Waals surface area contributed by atoms with E-state index in [0.717, 1.165) is 23.3 Å². The number of anilines is 3. The average Bonchev–Trinajstić information content (AvgIpc) is 3.11. The van der Waals surface area contributed by atoms with Crippen molar-refractivity contribution in [3.05, 3.63) is 27.5 Å². The Morgan fingerprint density at radius 2 is 1.87 bits per heavy atom. The molecule has 3 heterocycles. The number of aryl methyl sites for hydroxylation is 1. The molecule has 0 unspecified atom stereocenters. The lowest BCUT2D eigenvalue weighted by molar-refractivity contribution is -0.125.